The summed E-state index contributed by atoms with van der Waals surface area (Å²) in [7, 11) is 0. The molecule has 0 amide bonds. The van der Waals surface area contributed by atoms with Crippen molar-refractivity contribution in [1.82, 2.24) is 4.57 Å². The third-order valence-electron chi connectivity index (χ3n) is 8.38. The van der Waals surface area contributed by atoms with Crippen LogP contribution in [0.15, 0.2) is 144 Å². The number of rotatable bonds is 2. The van der Waals surface area contributed by atoms with E-state index in [1.807, 2.05) is 0 Å². The van der Waals surface area contributed by atoms with E-state index < -0.39 is 0 Å². The van der Waals surface area contributed by atoms with Crippen molar-refractivity contribution < 1.29 is 4.42 Å². The van der Waals surface area contributed by atoms with E-state index in [4.69, 9.17) is 4.42 Å². The normalized spacial score (nSPS) is 12.0. The molecule has 9 aromatic rings. The van der Waals surface area contributed by atoms with E-state index in [1.54, 1.807) is 0 Å². The summed E-state index contributed by atoms with van der Waals surface area (Å²) in [5.41, 5.74) is 7.84. The fourth-order valence-electron chi connectivity index (χ4n) is 6.66. The van der Waals surface area contributed by atoms with Gasteiger partial charge in [0, 0.05) is 32.6 Å². The van der Waals surface area contributed by atoms with Gasteiger partial charge in [0.1, 0.15) is 11.2 Å². The number of nitrogens with zero attached hydrogens (tertiary/aromatic N) is 1. The molecule has 0 aliphatic carbocycles. The van der Waals surface area contributed by atoms with E-state index in [9.17, 15) is 0 Å². The van der Waals surface area contributed by atoms with Crippen LogP contribution in [0.3, 0.4) is 0 Å². The highest BCUT2D eigenvalue weighted by Crippen LogP contribution is 2.46. The summed E-state index contributed by atoms with van der Waals surface area (Å²) in [6.45, 7) is 0. The molecule has 9 rings (SSSR count). The van der Waals surface area contributed by atoms with Crippen molar-refractivity contribution >= 4 is 65.3 Å². The Labute approximate surface area is 230 Å². The summed E-state index contributed by atoms with van der Waals surface area (Å²) >= 11 is 0. The SMILES string of the molecule is c1ccc(-c2ccc(-n3c4ccccc4c4c5c(ccc43)oc3c4ccccc4c4ccccc4c35)cc2)cc1. The summed E-state index contributed by atoms with van der Waals surface area (Å²) in [6.07, 6.45) is 0. The lowest BCUT2D eigenvalue weighted by atomic mass is 9.95. The van der Waals surface area contributed by atoms with Crippen LogP contribution in [0.2, 0.25) is 0 Å². The van der Waals surface area contributed by atoms with Crippen LogP contribution >= 0.6 is 0 Å². The lowest BCUT2D eigenvalue weighted by Crippen LogP contribution is -1.93. The Morgan fingerprint density at radius 2 is 0.975 bits per heavy atom. The predicted octanol–water partition coefficient (Wildman–Crippen LogP) is 10.7. The van der Waals surface area contributed by atoms with Crippen LogP contribution in [0, 0.1) is 0 Å². The Morgan fingerprint density at radius 3 is 1.75 bits per heavy atom. The number of hydrogen-bond acceptors (Lipinski definition) is 1. The van der Waals surface area contributed by atoms with Crippen LogP contribution in [0.25, 0.3) is 82.1 Å². The highest BCUT2D eigenvalue weighted by atomic mass is 16.3. The molecule has 0 N–H and O–H groups in total. The van der Waals surface area contributed by atoms with Gasteiger partial charge in [-0.15, -0.1) is 0 Å². The van der Waals surface area contributed by atoms with Crippen LogP contribution in [0.5, 0.6) is 0 Å². The molecule has 0 spiro atoms. The zero-order chi connectivity index (χ0) is 26.2. The maximum absolute atomic E-state index is 6.70. The van der Waals surface area contributed by atoms with Gasteiger partial charge >= 0.3 is 0 Å². The van der Waals surface area contributed by atoms with Crippen LogP contribution < -0.4 is 0 Å². The molecular weight excluding hydrogens is 486 g/mol. The molecule has 40 heavy (non-hydrogen) atoms. The average molecular weight is 510 g/mol. The molecule has 2 aromatic heterocycles. The van der Waals surface area contributed by atoms with Gasteiger partial charge in [0.05, 0.1) is 11.0 Å². The maximum Gasteiger partial charge on any atom is 0.143 e. The van der Waals surface area contributed by atoms with Crippen LogP contribution in [-0.4, -0.2) is 4.57 Å². The van der Waals surface area contributed by atoms with Crippen molar-refractivity contribution in [2.75, 3.05) is 0 Å². The fraction of sp³-hybridized carbons (Fsp3) is 0. The number of furan rings is 1. The predicted molar refractivity (Wildman–Crippen MR) is 169 cm³/mol. The van der Waals surface area contributed by atoms with E-state index in [-0.39, 0.29) is 0 Å². The van der Waals surface area contributed by atoms with E-state index in [2.05, 4.69) is 144 Å². The molecule has 2 nitrogen and oxygen atoms in total. The number of aromatic nitrogens is 1. The molecule has 0 fully saturated rings. The van der Waals surface area contributed by atoms with Crippen molar-refractivity contribution in [3.63, 3.8) is 0 Å². The Hall–Kier alpha value is -5.34. The van der Waals surface area contributed by atoms with Gasteiger partial charge in [-0.2, -0.15) is 0 Å². The lowest BCUT2D eigenvalue weighted by molar-refractivity contribution is 0.673. The van der Waals surface area contributed by atoms with Gasteiger partial charge in [-0.3, -0.25) is 0 Å². The van der Waals surface area contributed by atoms with Crippen LogP contribution in [0.1, 0.15) is 0 Å². The first-order chi connectivity index (χ1) is 19.9. The molecule has 0 bridgehead atoms. The number of fused-ring (bicyclic) bond motifs is 12. The van der Waals surface area contributed by atoms with Gasteiger partial charge in [-0.25, -0.2) is 0 Å². The standard InChI is InChI=1S/C38H23NO/c1-2-10-24(11-3-1)25-18-20-26(21-19-25)39-32-17-9-8-16-31(32)35-33(39)22-23-34-37(35)36-29-14-6-4-12-27(29)28-13-5-7-15-30(28)38(36)40-34/h1-23H. The van der Waals surface area contributed by atoms with Crippen molar-refractivity contribution in [2.24, 2.45) is 0 Å². The highest BCUT2D eigenvalue weighted by Gasteiger charge is 2.21. The van der Waals surface area contributed by atoms with Crippen molar-refractivity contribution in [3.05, 3.63) is 140 Å². The minimum absolute atomic E-state index is 0.923. The number of benzene rings is 7. The first-order valence-corrected chi connectivity index (χ1v) is 13.7. The summed E-state index contributed by atoms with van der Waals surface area (Å²) in [4.78, 5) is 0. The van der Waals surface area contributed by atoms with Gasteiger partial charge in [-0.1, -0.05) is 109 Å². The monoisotopic (exact) mass is 509 g/mol. The third-order valence-corrected chi connectivity index (χ3v) is 8.38. The van der Waals surface area contributed by atoms with Gasteiger partial charge in [0.15, 0.2) is 0 Å². The van der Waals surface area contributed by atoms with Crippen molar-refractivity contribution in [2.45, 2.75) is 0 Å². The Balaban J connectivity index is 1.42. The zero-order valence-electron chi connectivity index (χ0n) is 21.6. The quantitative estimate of drug-likeness (QED) is 0.212. The van der Waals surface area contributed by atoms with Crippen molar-refractivity contribution in [1.29, 1.82) is 0 Å². The summed E-state index contributed by atoms with van der Waals surface area (Å²) < 4.78 is 9.09. The largest absolute Gasteiger partial charge is 0.455 e. The van der Waals surface area contributed by atoms with Crippen LogP contribution in [-0.2, 0) is 0 Å². The molecule has 2 heteroatoms. The Morgan fingerprint density at radius 1 is 0.375 bits per heavy atom. The van der Waals surface area contributed by atoms with E-state index >= 15 is 0 Å². The first kappa shape index (κ1) is 21.6. The highest BCUT2D eigenvalue weighted by molar-refractivity contribution is 6.36. The molecule has 0 unspecified atom stereocenters. The molecule has 2 heterocycles. The molecular formula is C38H23NO. The molecule has 0 aliphatic heterocycles. The van der Waals surface area contributed by atoms with E-state index in [0.717, 1.165) is 22.2 Å². The minimum Gasteiger partial charge on any atom is -0.455 e. The first-order valence-electron chi connectivity index (χ1n) is 13.7. The van der Waals surface area contributed by atoms with Gasteiger partial charge in [0.2, 0.25) is 0 Å². The number of hydrogen-bond donors (Lipinski definition) is 0. The molecule has 0 aliphatic rings. The molecule has 186 valence electrons. The van der Waals surface area contributed by atoms with Crippen LogP contribution in [0.4, 0.5) is 0 Å². The molecule has 0 atom stereocenters. The summed E-state index contributed by atoms with van der Waals surface area (Å²) in [6, 6.07) is 49.9. The molecule has 0 saturated carbocycles. The second-order valence-electron chi connectivity index (χ2n) is 10.5. The summed E-state index contributed by atoms with van der Waals surface area (Å²) in [5, 5.41) is 9.71. The second kappa shape index (κ2) is 8.08. The van der Waals surface area contributed by atoms with E-state index in [0.29, 0.717) is 0 Å². The third kappa shape index (κ3) is 2.88. The average Bonchev–Trinajstić information content (AvgIpc) is 3.58. The van der Waals surface area contributed by atoms with E-state index in [1.165, 1.54) is 59.9 Å². The topological polar surface area (TPSA) is 18.1 Å². The van der Waals surface area contributed by atoms with Gasteiger partial charge in [0.25, 0.3) is 0 Å². The lowest BCUT2D eigenvalue weighted by Gasteiger charge is -2.09. The Bertz CT molecular complexity index is 2410. The summed E-state index contributed by atoms with van der Waals surface area (Å²) in [5.74, 6) is 0. The molecule has 7 aromatic carbocycles. The number of para-hydroxylation sites is 1. The van der Waals surface area contributed by atoms with Gasteiger partial charge < -0.3 is 8.98 Å². The second-order valence-corrected chi connectivity index (χ2v) is 10.5. The smallest absolute Gasteiger partial charge is 0.143 e. The molecule has 0 radical (unpaired) electrons. The van der Waals surface area contributed by atoms with Gasteiger partial charge in [-0.05, 0) is 57.6 Å². The zero-order valence-corrected chi connectivity index (χ0v) is 21.6. The fourth-order valence-corrected chi connectivity index (χ4v) is 6.66. The molecule has 0 saturated heterocycles. The minimum atomic E-state index is 0.923. The Kier molecular flexibility index (Phi) is 4.36. The van der Waals surface area contributed by atoms with Crippen molar-refractivity contribution in [3.8, 4) is 16.8 Å². The maximum atomic E-state index is 6.70.